The highest BCUT2D eigenvalue weighted by molar-refractivity contribution is 5.35. The zero-order valence-electron chi connectivity index (χ0n) is 15.4. The molecule has 3 rings (SSSR count). The number of rotatable bonds is 7. The summed E-state index contributed by atoms with van der Waals surface area (Å²) >= 11 is 0. The number of β-amino-alcohol motifs (C(OH)–C–C–N with tert-alkyl or cyclic N) is 1. The monoisotopic (exact) mass is 342 g/mol. The molecule has 1 atom stereocenters. The van der Waals surface area contributed by atoms with Gasteiger partial charge in [0.2, 0.25) is 0 Å². The van der Waals surface area contributed by atoms with Crippen LogP contribution in [0.3, 0.4) is 0 Å². The van der Waals surface area contributed by atoms with E-state index < -0.39 is 0 Å². The van der Waals surface area contributed by atoms with E-state index in [2.05, 4.69) is 38.8 Å². The lowest BCUT2D eigenvalue weighted by atomic mass is 9.99. The molecule has 1 fully saturated rings. The highest BCUT2D eigenvalue weighted by Crippen LogP contribution is 2.16. The van der Waals surface area contributed by atoms with E-state index in [1.165, 1.54) is 12.8 Å². The van der Waals surface area contributed by atoms with Crippen molar-refractivity contribution in [3.8, 4) is 5.69 Å². The third-order valence-corrected chi connectivity index (χ3v) is 5.06. The molecule has 25 heavy (non-hydrogen) atoms. The fourth-order valence-corrected chi connectivity index (χ4v) is 3.52. The van der Waals surface area contributed by atoms with Crippen molar-refractivity contribution in [3.63, 3.8) is 0 Å². The van der Waals surface area contributed by atoms with Gasteiger partial charge in [-0.1, -0.05) is 25.1 Å². The maximum atomic E-state index is 10.3. The molecule has 0 bridgehead atoms. The molecule has 0 aliphatic carbocycles. The first kappa shape index (κ1) is 18.1. The van der Waals surface area contributed by atoms with Gasteiger partial charge in [-0.15, -0.1) is 0 Å². The number of aromatic nitrogens is 2. The first-order valence-electron chi connectivity index (χ1n) is 9.33. The molecule has 5 nitrogen and oxygen atoms in total. The largest absolute Gasteiger partial charge is 0.390 e. The molecule has 1 saturated heterocycles. The molecule has 1 aromatic carbocycles. The summed E-state index contributed by atoms with van der Waals surface area (Å²) in [6.07, 6.45) is 4.07. The Hall–Kier alpha value is -1.69. The Labute approximate surface area is 150 Å². The van der Waals surface area contributed by atoms with Gasteiger partial charge in [-0.05, 0) is 50.9 Å². The zero-order valence-corrected chi connectivity index (χ0v) is 15.4. The summed E-state index contributed by atoms with van der Waals surface area (Å²) in [5.74, 6) is 1.80. The van der Waals surface area contributed by atoms with E-state index in [4.69, 9.17) is 0 Å². The van der Waals surface area contributed by atoms with Gasteiger partial charge in [-0.25, -0.2) is 4.98 Å². The Morgan fingerprint density at radius 1 is 1.24 bits per heavy atom. The normalized spacial score (nSPS) is 17.7. The van der Waals surface area contributed by atoms with Crippen molar-refractivity contribution in [2.24, 2.45) is 5.92 Å². The van der Waals surface area contributed by atoms with Crippen molar-refractivity contribution in [3.05, 3.63) is 48.0 Å². The lowest BCUT2D eigenvalue weighted by molar-refractivity contribution is 0.0906. The molecule has 1 aliphatic heterocycles. The molecule has 1 aliphatic rings. The summed E-state index contributed by atoms with van der Waals surface area (Å²) in [5, 5.41) is 13.7. The van der Waals surface area contributed by atoms with Gasteiger partial charge in [0.05, 0.1) is 18.0 Å². The Kier molecular flexibility index (Phi) is 6.24. The molecule has 0 spiro atoms. The molecule has 2 aromatic rings. The van der Waals surface area contributed by atoms with Gasteiger partial charge in [0, 0.05) is 25.3 Å². The molecule has 2 N–H and O–H groups in total. The quantitative estimate of drug-likeness (QED) is 0.811. The van der Waals surface area contributed by atoms with Crippen LogP contribution in [0.1, 0.15) is 31.3 Å². The van der Waals surface area contributed by atoms with E-state index in [0.717, 1.165) is 42.8 Å². The number of hydrogen-bond donors (Lipinski definition) is 2. The lowest BCUT2D eigenvalue weighted by Crippen LogP contribution is -2.41. The average molecular weight is 342 g/mol. The fourth-order valence-electron chi connectivity index (χ4n) is 3.52. The molecule has 0 saturated carbocycles. The molecule has 5 heteroatoms. The first-order chi connectivity index (χ1) is 12.1. The minimum absolute atomic E-state index is 0.331. The molecule has 0 radical (unpaired) electrons. The zero-order chi connectivity index (χ0) is 17.6. The van der Waals surface area contributed by atoms with E-state index in [0.29, 0.717) is 13.1 Å². The maximum absolute atomic E-state index is 10.3. The van der Waals surface area contributed by atoms with Crippen LogP contribution in [-0.4, -0.2) is 51.8 Å². The van der Waals surface area contributed by atoms with E-state index in [1.807, 2.05) is 31.3 Å². The van der Waals surface area contributed by atoms with Gasteiger partial charge in [-0.2, -0.15) is 0 Å². The second-order valence-electron chi connectivity index (χ2n) is 7.24. The highest BCUT2D eigenvalue weighted by Gasteiger charge is 2.18. The van der Waals surface area contributed by atoms with Crippen molar-refractivity contribution in [2.45, 2.75) is 39.3 Å². The molecule has 2 heterocycles. The van der Waals surface area contributed by atoms with E-state index in [9.17, 15) is 5.11 Å². The van der Waals surface area contributed by atoms with E-state index in [-0.39, 0.29) is 6.10 Å². The SMILES string of the molecule is Cc1ncc(CNCC(O)CN2CCC(C)CC2)n1-c1ccccc1. The van der Waals surface area contributed by atoms with Gasteiger partial charge in [-0.3, -0.25) is 4.57 Å². The van der Waals surface area contributed by atoms with E-state index in [1.54, 1.807) is 0 Å². The Bertz CT molecular complexity index is 647. The van der Waals surface area contributed by atoms with Crippen LogP contribution in [0.2, 0.25) is 0 Å². The minimum atomic E-state index is -0.331. The van der Waals surface area contributed by atoms with Gasteiger partial charge < -0.3 is 15.3 Å². The predicted octanol–water partition coefficient (Wildman–Crippen LogP) is 2.36. The molecule has 136 valence electrons. The van der Waals surface area contributed by atoms with Crippen LogP contribution in [0.15, 0.2) is 36.5 Å². The van der Waals surface area contributed by atoms with Crippen molar-refractivity contribution in [1.82, 2.24) is 19.8 Å². The Morgan fingerprint density at radius 2 is 1.96 bits per heavy atom. The van der Waals surface area contributed by atoms with Crippen LogP contribution in [0.4, 0.5) is 0 Å². The molecule has 0 amide bonds. The predicted molar refractivity (Wildman–Crippen MR) is 101 cm³/mol. The third kappa shape index (κ3) is 4.91. The average Bonchev–Trinajstić information content (AvgIpc) is 2.98. The number of aryl methyl sites for hydroxylation is 1. The van der Waals surface area contributed by atoms with Gasteiger partial charge in [0.25, 0.3) is 0 Å². The number of hydrogen-bond acceptors (Lipinski definition) is 4. The number of piperidine rings is 1. The lowest BCUT2D eigenvalue weighted by Gasteiger charge is -2.31. The summed E-state index contributed by atoms with van der Waals surface area (Å²) in [7, 11) is 0. The minimum Gasteiger partial charge on any atom is -0.390 e. The Morgan fingerprint density at radius 3 is 2.68 bits per heavy atom. The summed E-state index contributed by atoms with van der Waals surface area (Å²) < 4.78 is 2.16. The second-order valence-corrected chi connectivity index (χ2v) is 7.24. The highest BCUT2D eigenvalue weighted by atomic mass is 16.3. The maximum Gasteiger partial charge on any atom is 0.110 e. The van der Waals surface area contributed by atoms with Gasteiger partial charge in [0.15, 0.2) is 0 Å². The molecular formula is C20H30N4O. The smallest absolute Gasteiger partial charge is 0.110 e. The van der Waals surface area contributed by atoms with Crippen molar-refractivity contribution < 1.29 is 5.11 Å². The van der Waals surface area contributed by atoms with Crippen molar-refractivity contribution >= 4 is 0 Å². The van der Waals surface area contributed by atoms with Gasteiger partial charge in [0.1, 0.15) is 5.82 Å². The number of aliphatic hydroxyl groups is 1. The van der Waals surface area contributed by atoms with Crippen molar-refractivity contribution in [2.75, 3.05) is 26.2 Å². The molecular weight excluding hydrogens is 312 g/mol. The molecule has 1 unspecified atom stereocenters. The number of benzene rings is 1. The number of likely N-dealkylation sites (tertiary alicyclic amines) is 1. The number of aliphatic hydroxyl groups excluding tert-OH is 1. The van der Waals surface area contributed by atoms with Gasteiger partial charge >= 0.3 is 0 Å². The van der Waals surface area contributed by atoms with Crippen LogP contribution < -0.4 is 5.32 Å². The van der Waals surface area contributed by atoms with Crippen LogP contribution in [-0.2, 0) is 6.54 Å². The third-order valence-electron chi connectivity index (χ3n) is 5.06. The summed E-state index contributed by atoms with van der Waals surface area (Å²) in [5.41, 5.74) is 2.24. The van der Waals surface area contributed by atoms with Crippen LogP contribution >= 0.6 is 0 Å². The number of para-hydroxylation sites is 1. The standard InChI is InChI=1S/C20H30N4O/c1-16-8-10-23(11-9-16)15-20(25)14-21-12-19-13-22-17(2)24(19)18-6-4-3-5-7-18/h3-7,13,16,20-21,25H,8-12,14-15H2,1-2H3. The number of imidazole rings is 1. The number of nitrogens with zero attached hydrogens (tertiary/aromatic N) is 3. The number of nitrogens with one attached hydrogen (secondary N) is 1. The van der Waals surface area contributed by atoms with Crippen molar-refractivity contribution in [1.29, 1.82) is 0 Å². The molecule has 1 aromatic heterocycles. The van der Waals surface area contributed by atoms with Crippen LogP contribution in [0.25, 0.3) is 5.69 Å². The van der Waals surface area contributed by atoms with Crippen LogP contribution in [0.5, 0.6) is 0 Å². The summed E-state index contributed by atoms with van der Waals surface area (Å²) in [6.45, 7) is 8.61. The van der Waals surface area contributed by atoms with E-state index >= 15 is 0 Å². The first-order valence-corrected chi connectivity index (χ1v) is 9.33. The van der Waals surface area contributed by atoms with Crippen LogP contribution in [0, 0.1) is 12.8 Å². The summed E-state index contributed by atoms with van der Waals surface area (Å²) in [4.78, 5) is 6.82. The topological polar surface area (TPSA) is 53.3 Å². The second kappa shape index (κ2) is 8.61. The Balaban J connectivity index is 1.49. The fraction of sp³-hybridized carbons (Fsp3) is 0.550. The summed E-state index contributed by atoms with van der Waals surface area (Å²) in [6, 6.07) is 10.3.